The van der Waals surface area contributed by atoms with E-state index in [1.54, 1.807) is 24.9 Å². The summed E-state index contributed by atoms with van der Waals surface area (Å²) >= 11 is 0. The van der Waals surface area contributed by atoms with Crippen molar-refractivity contribution in [1.29, 1.82) is 0 Å². The number of anilines is 1. The van der Waals surface area contributed by atoms with Gasteiger partial charge in [-0.3, -0.25) is 4.79 Å². The van der Waals surface area contributed by atoms with Crippen molar-refractivity contribution in [2.45, 2.75) is 37.1 Å². The number of methoxy groups -OCH3 is 2. The van der Waals surface area contributed by atoms with Gasteiger partial charge in [-0.25, -0.2) is 4.98 Å². The van der Waals surface area contributed by atoms with Gasteiger partial charge in [0.15, 0.2) is 5.65 Å². The van der Waals surface area contributed by atoms with E-state index in [2.05, 4.69) is 38.6 Å². The number of aromatic nitrogens is 4. The van der Waals surface area contributed by atoms with Crippen LogP contribution in [0.15, 0.2) is 42.7 Å². The Labute approximate surface area is 208 Å². The van der Waals surface area contributed by atoms with Gasteiger partial charge in [-0.05, 0) is 18.9 Å². The summed E-state index contributed by atoms with van der Waals surface area (Å²) < 4.78 is 20.7. The standard InChI is InChI=1S/C26H30N6O4/c1-27-24-10-19(29-25-16(11-28-32(24)25)26(33)30-18-8-9-22(18)34-2)17-12-31(20-7-5-4-6-15(17)20)21-13-36-14-23(21)35-3/h4-7,10-12,18,21-23,27H,8-9,13-14H2,1-3H3,(H,30,33)/t18?,21-,22-,23-/m0/s1. The number of carbonyl (C=O) groups excluding carboxylic acids is 1. The van der Waals surface area contributed by atoms with Gasteiger partial charge in [-0.2, -0.15) is 9.61 Å². The zero-order valence-corrected chi connectivity index (χ0v) is 20.6. The number of fused-ring (bicyclic) bond motifs is 2. The molecule has 10 heteroatoms. The number of carbonyl (C=O) groups is 1. The highest BCUT2D eigenvalue weighted by Gasteiger charge is 2.34. The first-order chi connectivity index (χ1) is 17.6. The summed E-state index contributed by atoms with van der Waals surface area (Å²) in [5, 5.41) is 11.8. The molecule has 2 aliphatic rings. The van der Waals surface area contributed by atoms with Crippen LogP contribution >= 0.6 is 0 Å². The number of rotatable bonds is 7. The number of nitrogens with one attached hydrogen (secondary N) is 2. The first-order valence-corrected chi connectivity index (χ1v) is 12.2. The Balaban J connectivity index is 1.45. The molecule has 4 heterocycles. The third-order valence-corrected chi connectivity index (χ3v) is 7.48. The zero-order chi connectivity index (χ0) is 24.8. The summed E-state index contributed by atoms with van der Waals surface area (Å²) in [4.78, 5) is 18.1. The molecule has 2 fully saturated rings. The van der Waals surface area contributed by atoms with Crippen molar-refractivity contribution in [3.8, 4) is 11.3 Å². The molecule has 1 amide bonds. The minimum atomic E-state index is -0.197. The highest BCUT2D eigenvalue weighted by atomic mass is 16.5. The van der Waals surface area contributed by atoms with E-state index < -0.39 is 0 Å². The predicted octanol–water partition coefficient (Wildman–Crippen LogP) is 2.89. The van der Waals surface area contributed by atoms with Crippen molar-refractivity contribution in [1.82, 2.24) is 24.5 Å². The molecular formula is C26H30N6O4. The monoisotopic (exact) mass is 490 g/mol. The molecule has 6 rings (SSSR count). The van der Waals surface area contributed by atoms with Gasteiger partial charge in [-0.1, -0.05) is 18.2 Å². The summed E-state index contributed by atoms with van der Waals surface area (Å²) in [6.45, 7) is 1.15. The Morgan fingerprint density at radius 1 is 1.14 bits per heavy atom. The Bertz CT molecular complexity index is 1430. The fourth-order valence-electron chi connectivity index (χ4n) is 5.29. The van der Waals surface area contributed by atoms with Crippen LogP contribution in [0.1, 0.15) is 29.2 Å². The first-order valence-electron chi connectivity index (χ1n) is 12.2. The van der Waals surface area contributed by atoms with Crippen LogP contribution in [0.25, 0.3) is 27.8 Å². The van der Waals surface area contributed by atoms with Crippen LogP contribution in [0.3, 0.4) is 0 Å². The highest BCUT2D eigenvalue weighted by Crippen LogP contribution is 2.36. The molecule has 1 saturated carbocycles. The third kappa shape index (κ3) is 3.64. The maximum atomic E-state index is 13.2. The first kappa shape index (κ1) is 23.0. The molecule has 0 spiro atoms. The average molecular weight is 491 g/mol. The SMILES string of the molecule is CNc1cc(-c2cn([C@H]3COC[C@@H]3OC)c3ccccc23)nc2c(C(=O)NC3CC[C@@H]3OC)cnn12. The number of para-hydroxylation sites is 1. The Morgan fingerprint density at radius 3 is 2.72 bits per heavy atom. The maximum absolute atomic E-state index is 13.2. The molecule has 2 N–H and O–H groups in total. The van der Waals surface area contributed by atoms with Crippen LogP contribution < -0.4 is 10.6 Å². The second-order valence-corrected chi connectivity index (χ2v) is 9.35. The largest absolute Gasteiger partial charge is 0.379 e. The Morgan fingerprint density at radius 2 is 1.97 bits per heavy atom. The molecule has 1 unspecified atom stereocenters. The molecule has 3 aromatic heterocycles. The minimum absolute atomic E-state index is 0.00439. The molecule has 188 valence electrons. The number of hydrogen-bond donors (Lipinski definition) is 2. The molecule has 36 heavy (non-hydrogen) atoms. The number of benzene rings is 1. The number of amides is 1. The molecular weight excluding hydrogens is 460 g/mol. The Kier molecular flexibility index (Phi) is 5.87. The molecule has 4 aromatic rings. The van der Waals surface area contributed by atoms with Crippen molar-refractivity contribution in [3.05, 3.63) is 48.3 Å². The molecule has 1 aliphatic carbocycles. The summed E-state index contributed by atoms with van der Waals surface area (Å²) in [6.07, 6.45) is 5.56. The summed E-state index contributed by atoms with van der Waals surface area (Å²) in [5.74, 6) is 0.542. The average Bonchev–Trinajstić information content (AvgIpc) is 3.62. The smallest absolute Gasteiger partial charge is 0.257 e. The van der Waals surface area contributed by atoms with Crippen molar-refractivity contribution in [2.75, 3.05) is 39.8 Å². The fourth-order valence-corrected chi connectivity index (χ4v) is 5.29. The third-order valence-electron chi connectivity index (χ3n) is 7.48. The van der Waals surface area contributed by atoms with Crippen molar-refractivity contribution < 1.29 is 19.0 Å². The van der Waals surface area contributed by atoms with Crippen LogP contribution in [0.4, 0.5) is 5.82 Å². The lowest BCUT2D eigenvalue weighted by Crippen LogP contribution is -2.51. The number of nitrogens with zero attached hydrogens (tertiary/aromatic N) is 4. The van der Waals surface area contributed by atoms with E-state index >= 15 is 0 Å². The van der Waals surface area contributed by atoms with Crippen LogP contribution in [0.5, 0.6) is 0 Å². The Hall–Kier alpha value is -3.47. The zero-order valence-electron chi connectivity index (χ0n) is 20.6. The molecule has 1 aliphatic heterocycles. The van der Waals surface area contributed by atoms with E-state index in [1.807, 2.05) is 25.2 Å². The van der Waals surface area contributed by atoms with Crippen molar-refractivity contribution in [2.24, 2.45) is 0 Å². The second-order valence-electron chi connectivity index (χ2n) is 9.35. The molecule has 1 aromatic carbocycles. The van der Waals surface area contributed by atoms with Gasteiger partial charge in [0, 0.05) is 50.0 Å². The minimum Gasteiger partial charge on any atom is -0.379 e. The van der Waals surface area contributed by atoms with Gasteiger partial charge in [0.05, 0.1) is 43.3 Å². The van der Waals surface area contributed by atoms with E-state index in [4.69, 9.17) is 19.2 Å². The van der Waals surface area contributed by atoms with Gasteiger partial charge in [0.1, 0.15) is 17.5 Å². The van der Waals surface area contributed by atoms with Gasteiger partial charge in [-0.15, -0.1) is 0 Å². The number of hydrogen-bond acceptors (Lipinski definition) is 7. The summed E-state index contributed by atoms with van der Waals surface area (Å²) in [5.41, 5.74) is 3.74. The molecule has 0 bridgehead atoms. The van der Waals surface area contributed by atoms with Gasteiger partial charge in [0.25, 0.3) is 5.91 Å². The van der Waals surface area contributed by atoms with Gasteiger partial charge < -0.3 is 29.4 Å². The van der Waals surface area contributed by atoms with E-state index in [0.29, 0.717) is 24.4 Å². The summed E-state index contributed by atoms with van der Waals surface area (Å²) in [7, 11) is 5.23. The fraction of sp³-hybridized carbons (Fsp3) is 0.423. The maximum Gasteiger partial charge on any atom is 0.257 e. The second kappa shape index (κ2) is 9.20. The van der Waals surface area contributed by atoms with Crippen LogP contribution in [0.2, 0.25) is 0 Å². The quantitative estimate of drug-likeness (QED) is 0.411. The van der Waals surface area contributed by atoms with Crippen molar-refractivity contribution in [3.63, 3.8) is 0 Å². The topological polar surface area (TPSA) is 104 Å². The van der Waals surface area contributed by atoms with E-state index in [0.717, 1.165) is 40.8 Å². The van der Waals surface area contributed by atoms with Crippen molar-refractivity contribution >= 4 is 28.3 Å². The number of ether oxygens (including phenoxy) is 3. The van der Waals surface area contributed by atoms with Crippen LogP contribution in [-0.2, 0) is 14.2 Å². The highest BCUT2D eigenvalue weighted by molar-refractivity contribution is 6.01. The van der Waals surface area contributed by atoms with Gasteiger partial charge in [0.2, 0.25) is 0 Å². The molecule has 1 saturated heterocycles. The molecule has 4 atom stereocenters. The normalized spacial score (nSPS) is 23.8. The van der Waals surface area contributed by atoms with Gasteiger partial charge >= 0.3 is 0 Å². The van der Waals surface area contributed by atoms with Crippen LogP contribution in [0, 0.1) is 0 Å². The lowest BCUT2D eigenvalue weighted by Gasteiger charge is -2.35. The lowest BCUT2D eigenvalue weighted by atomic mass is 9.89. The van der Waals surface area contributed by atoms with E-state index in [9.17, 15) is 4.79 Å². The van der Waals surface area contributed by atoms with Crippen LogP contribution in [-0.4, -0.2) is 77.8 Å². The summed E-state index contributed by atoms with van der Waals surface area (Å²) in [6, 6.07) is 10.3. The molecule has 0 radical (unpaired) electrons. The predicted molar refractivity (Wildman–Crippen MR) is 135 cm³/mol. The van der Waals surface area contributed by atoms with E-state index in [-0.39, 0.29) is 30.2 Å². The lowest BCUT2D eigenvalue weighted by molar-refractivity contribution is 0.00732. The van der Waals surface area contributed by atoms with E-state index in [1.165, 1.54) is 0 Å². The molecule has 10 nitrogen and oxygen atoms in total.